The summed E-state index contributed by atoms with van der Waals surface area (Å²) in [6.45, 7) is 1.84. The lowest BCUT2D eigenvalue weighted by Gasteiger charge is -2.35. The molecular formula is C20H25N3O. The van der Waals surface area contributed by atoms with Crippen molar-refractivity contribution in [1.82, 2.24) is 14.9 Å². The van der Waals surface area contributed by atoms with Gasteiger partial charge in [-0.3, -0.25) is 4.79 Å². The number of nitrogens with one attached hydrogen (secondary N) is 1. The van der Waals surface area contributed by atoms with Gasteiger partial charge in [0.05, 0.1) is 0 Å². The van der Waals surface area contributed by atoms with Crippen molar-refractivity contribution in [2.24, 2.45) is 17.8 Å². The maximum atomic E-state index is 12.9. The Bertz CT molecular complexity index is 759. The Morgan fingerprint density at radius 3 is 2.79 bits per heavy atom. The third kappa shape index (κ3) is 2.27. The Morgan fingerprint density at radius 2 is 2.04 bits per heavy atom. The Kier molecular flexibility index (Phi) is 3.39. The molecule has 4 nitrogen and oxygen atoms in total. The first-order valence-electron chi connectivity index (χ1n) is 9.50. The summed E-state index contributed by atoms with van der Waals surface area (Å²) < 4.78 is 0. The maximum absolute atomic E-state index is 12.9. The van der Waals surface area contributed by atoms with E-state index in [9.17, 15) is 4.79 Å². The van der Waals surface area contributed by atoms with Crippen molar-refractivity contribution in [3.8, 4) is 0 Å². The minimum absolute atomic E-state index is 0.345. The highest BCUT2D eigenvalue weighted by atomic mass is 16.2. The van der Waals surface area contributed by atoms with Crippen LogP contribution in [0.5, 0.6) is 0 Å². The predicted molar refractivity (Wildman–Crippen MR) is 93.6 cm³/mol. The summed E-state index contributed by atoms with van der Waals surface area (Å²) in [5.41, 5.74) is 2.36. The average molecular weight is 323 g/mol. The second-order valence-electron chi connectivity index (χ2n) is 8.02. The summed E-state index contributed by atoms with van der Waals surface area (Å²) in [6, 6.07) is 4.16. The first-order chi connectivity index (χ1) is 11.8. The molecule has 126 valence electrons. The van der Waals surface area contributed by atoms with E-state index >= 15 is 0 Å². The van der Waals surface area contributed by atoms with E-state index in [1.165, 1.54) is 30.2 Å². The van der Waals surface area contributed by atoms with Crippen molar-refractivity contribution in [1.29, 1.82) is 0 Å². The molecule has 4 heteroatoms. The lowest BCUT2D eigenvalue weighted by Crippen LogP contribution is -2.42. The Labute approximate surface area is 142 Å². The van der Waals surface area contributed by atoms with Gasteiger partial charge < -0.3 is 9.88 Å². The van der Waals surface area contributed by atoms with Gasteiger partial charge in [0.15, 0.2) is 0 Å². The van der Waals surface area contributed by atoms with Gasteiger partial charge in [0.25, 0.3) is 0 Å². The van der Waals surface area contributed by atoms with Crippen LogP contribution in [0.1, 0.15) is 50.0 Å². The van der Waals surface area contributed by atoms with E-state index in [-0.39, 0.29) is 0 Å². The molecule has 2 aromatic heterocycles. The van der Waals surface area contributed by atoms with Crippen LogP contribution in [0.2, 0.25) is 0 Å². The molecule has 2 bridgehead atoms. The Hall–Kier alpha value is -1.84. The summed E-state index contributed by atoms with van der Waals surface area (Å²) in [4.78, 5) is 22.8. The second-order valence-corrected chi connectivity index (χ2v) is 8.02. The fourth-order valence-corrected chi connectivity index (χ4v) is 5.51. The van der Waals surface area contributed by atoms with Crippen LogP contribution in [-0.4, -0.2) is 33.9 Å². The number of H-pyrrole nitrogens is 1. The third-order valence-electron chi connectivity index (χ3n) is 6.78. The Balaban J connectivity index is 1.27. The minimum Gasteiger partial charge on any atom is -0.346 e. The van der Waals surface area contributed by atoms with Crippen LogP contribution in [-0.2, 0) is 4.79 Å². The molecule has 2 aliphatic carbocycles. The SMILES string of the molecule is O=C([C@@H]1C[C@H]2CC[C@H]1C2)N1CCC(c2c[nH]c3ncccc23)CC1. The van der Waals surface area contributed by atoms with Crippen LogP contribution in [0.15, 0.2) is 24.5 Å². The maximum Gasteiger partial charge on any atom is 0.225 e. The number of hydrogen-bond donors (Lipinski definition) is 1. The van der Waals surface area contributed by atoms with Crippen molar-refractivity contribution in [3.63, 3.8) is 0 Å². The highest BCUT2D eigenvalue weighted by Gasteiger charge is 2.44. The monoisotopic (exact) mass is 323 g/mol. The van der Waals surface area contributed by atoms with Gasteiger partial charge in [0.2, 0.25) is 5.91 Å². The van der Waals surface area contributed by atoms with Gasteiger partial charge in [-0.05, 0) is 67.6 Å². The summed E-state index contributed by atoms with van der Waals surface area (Å²) >= 11 is 0. The standard InChI is InChI=1S/C20H25N3O/c24-20(17-11-13-3-4-15(17)10-13)23-8-5-14(6-9-23)18-12-22-19-16(18)2-1-7-21-19/h1-2,7,12-15,17H,3-6,8-11H2,(H,21,22)/t13-,15-,17+/m0/s1. The van der Waals surface area contributed by atoms with Crippen LogP contribution >= 0.6 is 0 Å². The van der Waals surface area contributed by atoms with Crippen LogP contribution in [0.25, 0.3) is 11.0 Å². The molecule has 1 aliphatic heterocycles. The van der Waals surface area contributed by atoms with Gasteiger partial charge in [0, 0.05) is 36.8 Å². The first kappa shape index (κ1) is 14.5. The molecule has 5 rings (SSSR count). The summed E-state index contributed by atoms with van der Waals surface area (Å²) in [6.07, 6.45) is 11.2. The smallest absolute Gasteiger partial charge is 0.225 e. The predicted octanol–water partition coefficient (Wildman–Crippen LogP) is 3.71. The zero-order valence-corrected chi connectivity index (χ0v) is 14.1. The number of likely N-dealkylation sites (tertiary alicyclic amines) is 1. The van der Waals surface area contributed by atoms with Crippen LogP contribution in [0, 0.1) is 17.8 Å². The number of carbonyl (C=O) groups is 1. The molecule has 0 radical (unpaired) electrons. The lowest BCUT2D eigenvalue weighted by atomic mass is 9.85. The van der Waals surface area contributed by atoms with E-state index in [1.807, 2.05) is 12.3 Å². The number of nitrogens with zero attached hydrogens (tertiary/aromatic N) is 2. The number of pyridine rings is 1. The van der Waals surface area contributed by atoms with Gasteiger partial charge >= 0.3 is 0 Å². The molecular weight excluding hydrogens is 298 g/mol. The number of aromatic amines is 1. The van der Waals surface area contributed by atoms with E-state index in [0.29, 0.717) is 23.7 Å². The molecule has 3 heterocycles. The molecule has 24 heavy (non-hydrogen) atoms. The quantitative estimate of drug-likeness (QED) is 0.916. The molecule has 3 fully saturated rings. The molecule has 1 amide bonds. The summed E-state index contributed by atoms with van der Waals surface area (Å²) in [5.74, 6) is 2.89. The zero-order chi connectivity index (χ0) is 16.1. The van der Waals surface area contributed by atoms with Gasteiger partial charge in [-0.2, -0.15) is 0 Å². The van der Waals surface area contributed by atoms with E-state index in [0.717, 1.165) is 43.9 Å². The van der Waals surface area contributed by atoms with Crippen molar-refractivity contribution >= 4 is 16.9 Å². The van der Waals surface area contributed by atoms with Gasteiger partial charge in [-0.1, -0.05) is 6.42 Å². The van der Waals surface area contributed by atoms with Crippen LogP contribution in [0.3, 0.4) is 0 Å². The highest BCUT2D eigenvalue weighted by Crippen LogP contribution is 2.49. The molecule has 2 saturated carbocycles. The normalized spacial score (nSPS) is 30.3. The van der Waals surface area contributed by atoms with Gasteiger partial charge in [-0.25, -0.2) is 4.98 Å². The highest BCUT2D eigenvalue weighted by molar-refractivity contribution is 5.81. The fourth-order valence-electron chi connectivity index (χ4n) is 5.51. The lowest BCUT2D eigenvalue weighted by molar-refractivity contribution is -0.138. The molecule has 0 aromatic carbocycles. The van der Waals surface area contributed by atoms with E-state index < -0.39 is 0 Å². The number of aromatic nitrogens is 2. The van der Waals surface area contributed by atoms with Gasteiger partial charge in [-0.15, -0.1) is 0 Å². The minimum atomic E-state index is 0.345. The number of rotatable bonds is 2. The molecule has 2 aromatic rings. The van der Waals surface area contributed by atoms with Crippen molar-refractivity contribution in [2.75, 3.05) is 13.1 Å². The van der Waals surface area contributed by atoms with Crippen molar-refractivity contribution < 1.29 is 4.79 Å². The Morgan fingerprint density at radius 1 is 1.17 bits per heavy atom. The zero-order valence-electron chi connectivity index (χ0n) is 14.1. The molecule has 0 spiro atoms. The molecule has 1 N–H and O–H groups in total. The van der Waals surface area contributed by atoms with E-state index in [4.69, 9.17) is 0 Å². The average Bonchev–Trinajstić information content (AvgIpc) is 3.36. The fraction of sp³-hybridized carbons (Fsp3) is 0.600. The van der Waals surface area contributed by atoms with E-state index in [1.54, 1.807) is 0 Å². The number of amides is 1. The molecule has 3 atom stereocenters. The number of carbonyl (C=O) groups excluding carboxylic acids is 1. The molecule has 0 unspecified atom stereocenters. The largest absolute Gasteiger partial charge is 0.346 e. The molecule has 1 saturated heterocycles. The van der Waals surface area contributed by atoms with Crippen LogP contribution < -0.4 is 0 Å². The number of fused-ring (bicyclic) bond motifs is 3. The van der Waals surface area contributed by atoms with E-state index in [2.05, 4.69) is 27.1 Å². The van der Waals surface area contributed by atoms with Crippen molar-refractivity contribution in [3.05, 3.63) is 30.1 Å². The van der Waals surface area contributed by atoms with Crippen LogP contribution in [0.4, 0.5) is 0 Å². The molecule has 3 aliphatic rings. The third-order valence-corrected chi connectivity index (χ3v) is 6.78. The summed E-state index contributed by atoms with van der Waals surface area (Å²) in [7, 11) is 0. The topological polar surface area (TPSA) is 49.0 Å². The second kappa shape index (κ2) is 5.61. The van der Waals surface area contributed by atoms with Gasteiger partial charge in [0.1, 0.15) is 5.65 Å². The first-order valence-corrected chi connectivity index (χ1v) is 9.50. The summed E-state index contributed by atoms with van der Waals surface area (Å²) in [5, 5.41) is 1.25. The number of hydrogen-bond acceptors (Lipinski definition) is 2. The van der Waals surface area contributed by atoms with Crippen molar-refractivity contribution in [2.45, 2.75) is 44.4 Å². The number of piperidine rings is 1.